The molecule has 0 aliphatic carbocycles. The Balaban J connectivity index is 2.06. The third kappa shape index (κ3) is 1.73. The molecule has 0 amide bonds. The standard InChI is InChI=1S/C12H13IN2O/c13-10-4-3-5-11-9(10)8-14-15(11)12-6-1-2-7-16-12/h3-5,8,12H,1-2,6-7H2/t12-/m1/s1. The summed E-state index contributed by atoms with van der Waals surface area (Å²) in [5.74, 6) is 0. The second kappa shape index (κ2) is 4.33. The van der Waals surface area contributed by atoms with E-state index in [0.29, 0.717) is 0 Å². The average Bonchev–Trinajstić information content (AvgIpc) is 2.75. The average molecular weight is 328 g/mol. The summed E-state index contributed by atoms with van der Waals surface area (Å²) in [6, 6.07) is 6.30. The van der Waals surface area contributed by atoms with E-state index in [-0.39, 0.29) is 6.23 Å². The van der Waals surface area contributed by atoms with Crippen molar-refractivity contribution in [2.75, 3.05) is 6.61 Å². The van der Waals surface area contributed by atoms with E-state index in [4.69, 9.17) is 4.74 Å². The highest BCUT2D eigenvalue weighted by atomic mass is 127. The summed E-state index contributed by atoms with van der Waals surface area (Å²) in [6.45, 7) is 0.857. The van der Waals surface area contributed by atoms with Gasteiger partial charge in [-0.25, -0.2) is 4.68 Å². The molecule has 0 spiro atoms. The van der Waals surface area contributed by atoms with Gasteiger partial charge in [0.05, 0.1) is 11.7 Å². The zero-order valence-electron chi connectivity index (χ0n) is 8.90. The van der Waals surface area contributed by atoms with Gasteiger partial charge in [0.2, 0.25) is 0 Å². The normalized spacial score (nSPS) is 21.4. The Morgan fingerprint density at radius 1 is 1.38 bits per heavy atom. The number of benzene rings is 1. The lowest BCUT2D eigenvalue weighted by molar-refractivity contribution is -0.0366. The quantitative estimate of drug-likeness (QED) is 0.751. The van der Waals surface area contributed by atoms with Gasteiger partial charge in [-0.1, -0.05) is 6.07 Å². The van der Waals surface area contributed by atoms with Crippen LogP contribution in [0.2, 0.25) is 0 Å². The molecule has 3 nitrogen and oxygen atoms in total. The predicted molar refractivity (Wildman–Crippen MR) is 71.3 cm³/mol. The Morgan fingerprint density at radius 3 is 3.12 bits per heavy atom. The van der Waals surface area contributed by atoms with Gasteiger partial charge in [0.15, 0.2) is 6.23 Å². The summed E-state index contributed by atoms with van der Waals surface area (Å²) in [5.41, 5.74) is 1.18. The number of hydrogen-bond donors (Lipinski definition) is 0. The van der Waals surface area contributed by atoms with Crippen molar-refractivity contribution in [3.63, 3.8) is 0 Å². The van der Waals surface area contributed by atoms with E-state index < -0.39 is 0 Å². The van der Waals surface area contributed by atoms with Crippen LogP contribution in [0.1, 0.15) is 25.5 Å². The number of rotatable bonds is 1. The highest BCUT2D eigenvalue weighted by molar-refractivity contribution is 14.1. The molecule has 3 rings (SSSR count). The fourth-order valence-electron chi connectivity index (χ4n) is 2.18. The highest BCUT2D eigenvalue weighted by Gasteiger charge is 2.18. The second-order valence-electron chi connectivity index (χ2n) is 4.08. The SMILES string of the molecule is Ic1cccc2c1cnn2[C@H]1CCCCO1. The van der Waals surface area contributed by atoms with E-state index in [1.54, 1.807) is 0 Å². The molecule has 1 atom stereocenters. The molecule has 1 fully saturated rings. The molecule has 0 radical (unpaired) electrons. The van der Waals surface area contributed by atoms with E-state index in [1.807, 2.05) is 10.9 Å². The van der Waals surface area contributed by atoms with Crippen LogP contribution >= 0.6 is 22.6 Å². The molecule has 0 unspecified atom stereocenters. The van der Waals surface area contributed by atoms with E-state index in [0.717, 1.165) is 13.0 Å². The molecule has 0 N–H and O–H groups in total. The molecular weight excluding hydrogens is 315 g/mol. The molecule has 0 saturated carbocycles. The number of hydrogen-bond acceptors (Lipinski definition) is 2. The summed E-state index contributed by atoms with van der Waals surface area (Å²) < 4.78 is 9.04. The third-order valence-corrected chi connectivity index (χ3v) is 3.96. The molecule has 4 heteroatoms. The summed E-state index contributed by atoms with van der Waals surface area (Å²) in [7, 11) is 0. The minimum atomic E-state index is 0.129. The van der Waals surface area contributed by atoms with Crippen molar-refractivity contribution >= 4 is 33.5 Å². The highest BCUT2D eigenvalue weighted by Crippen LogP contribution is 2.27. The van der Waals surface area contributed by atoms with Gasteiger partial charge in [-0.15, -0.1) is 0 Å². The van der Waals surface area contributed by atoms with Crippen LogP contribution in [0.15, 0.2) is 24.4 Å². The van der Waals surface area contributed by atoms with Crippen molar-refractivity contribution in [2.24, 2.45) is 0 Å². The predicted octanol–water partition coefficient (Wildman–Crippen LogP) is 3.34. The maximum atomic E-state index is 5.77. The number of halogens is 1. The molecule has 1 saturated heterocycles. The third-order valence-electron chi connectivity index (χ3n) is 3.02. The summed E-state index contributed by atoms with van der Waals surface area (Å²) >= 11 is 2.35. The zero-order valence-corrected chi connectivity index (χ0v) is 11.1. The first-order valence-electron chi connectivity index (χ1n) is 5.59. The molecular formula is C12H13IN2O. The van der Waals surface area contributed by atoms with Gasteiger partial charge in [0.1, 0.15) is 0 Å². The first-order chi connectivity index (χ1) is 7.86. The van der Waals surface area contributed by atoms with Crippen LogP contribution in [-0.4, -0.2) is 16.4 Å². The van der Waals surface area contributed by atoms with Gasteiger partial charge in [-0.3, -0.25) is 0 Å². The summed E-state index contributed by atoms with van der Waals surface area (Å²) in [4.78, 5) is 0. The summed E-state index contributed by atoms with van der Waals surface area (Å²) in [6.07, 6.45) is 5.55. The molecule has 2 heterocycles. The topological polar surface area (TPSA) is 27.1 Å². The van der Waals surface area contributed by atoms with E-state index in [2.05, 4.69) is 45.9 Å². The fraction of sp³-hybridized carbons (Fsp3) is 0.417. The van der Waals surface area contributed by atoms with Gasteiger partial charge in [-0.05, 0) is 54.0 Å². The van der Waals surface area contributed by atoms with Crippen molar-refractivity contribution in [2.45, 2.75) is 25.5 Å². The van der Waals surface area contributed by atoms with Crippen LogP contribution in [0.25, 0.3) is 10.9 Å². The molecule has 1 aliphatic heterocycles. The summed E-state index contributed by atoms with van der Waals surface area (Å²) in [5, 5.41) is 5.69. The molecule has 2 aromatic rings. The number of ether oxygens (including phenoxy) is 1. The van der Waals surface area contributed by atoms with Crippen molar-refractivity contribution in [3.05, 3.63) is 28.0 Å². The minimum absolute atomic E-state index is 0.129. The van der Waals surface area contributed by atoms with Crippen LogP contribution in [0, 0.1) is 3.57 Å². The molecule has 0 bridgehead atoms. The lowest BCUT2D eigenvalue weighted by Crippen LogP contribution is -2.18. The number of nitrogens with zero attached hydrogens (tertiary/aromatic N) is 2. The van der Waals surface area contributed by atoms with Gasteiger partial charge in [0.25, 0.3) is 0 Å². The molecule has 1 aromatic carbocycles. The van der Waals surface area contributed by atoms with Crippen LogP contribution in [0.5, 0.6) is 0 Å². The van der Waals surface area contributed by atoms with E-state index >= 15 is 0 Å². The fourth-order valence-corrected chi connectivity index (χ4v) is 2.80. The number of fused-ring (bicyclic) bond motifs is 1. The van der Waals surface area contributed by atoms with Crippen LogP contribution in [0.3, 0.4) is 0 Å². The smallest absolute Gasteiger partial charge is 0.150 e. The first kappa shape index (κ1) is 10.5. The molecule has 1 aromatic heterocycles. The lowest BCUT2D eigenvalue weighted by Gasteiger charge is -2.23. The molecule has 1 aliphatic rings. The van der Waals surface area contributed by atoms with Crippen molar-refractivity contribution in [1.82, 2.24) is 9.78 Å². The van der Waals surface area contributed by atoms with Crippen LogP contribution in [0.4, 0.5) is 0 Å². The van der Waals surface area contributed by atoms with Gasteiger partial charge in [-0.2, -0.15) is 5.10 Å². The minimum Gasteiger partial charge on any atom is -0.356 e. The maximum absolute atomic E-state index is 5.77. The molecule has 84 valence electrons. The van der Waals surface area contributed by atoms with Crippen LogP contribution in [-0.2, 0) is 4.74 Å². The van der Waals surface area contributed by atoms with Gasteiger partial charge < -0.3 is 4.74 Å². The monoisotopic (exact) mass is 328 g/mol. The largest absolute Gasteiger partial charge is 0.356 e. The van der Waals surface area contributed by atoms with E-state index in [9.17, 15) is 0 Å². The second-order valence-corrected chi connectivity index (χ2v) is 5.25. The number of aromatic nitrogens is 2. The van der Waals surface area contributed by atoms with Crippen molar-refractivity contribution < 1.29 is 4.74 Å². The zero-order chi connectivity index (χ0) is 11.0. The lowest BCUT2D eigenvalue weighted by atomic mass is 10.2. The van der Waals surface area contributed by atoms with Gasteiger partial charge >= 0.3 is 0 Å². The molecule has 16 heavy (non-hydrogen) atoms. The Hall–Kier alpha value is -0.620. The van der Waals surface area contributed by atoms with E-state index in [1.165, 1.54) is 27.3 Å². The Kier molecular flexibility index (Phi) is 2.85. The van der Waals surface area contributed by atoms with Gasteiger partial charge in [0, 0.05) is 15.6 Å². The van der Waals surface area contributed by atoms with Crippen molar-refractivity contribution in [3.8, 4) is 0 Å². The maximum Gasteiger partial charge on any atom is 0.150 e. The Morgan fingerprint density at radius 2 is 2.31 bits per heavy atom. The Bertz CT molecular complexity index is 503. The first-order valence-corrected chi connectivity index (χ1v) is 6.67. The Labute approximate surface area is 108 Å². The van der Waals surface area contributed by atoms with Crippen molar-refractivity contribution in [1.29, 1.82) is 0 Å². The van der Waals surface area contributed by atoms with Crippen LogP contribution < -0.4 is 0 Å².